The molecule has 0 atom stereocenters. The molecule has 0 fully saturated rings. The Hall–Kier alpha value is -1.47. The number of carboxylic acid groups (broad SMARTS) is 1. The van der Waals surface area contributed by atoms with Gasteiger partial charge in [-0.3, -0.25) is 9.78 Å². The summed E-state index contributed by atoms with van der Waals surface area (Å²) in [6.07, 6.45) is 3.43. The Labute approximate surface area is 99.7 Å². The second kappa shape index (κ2) is 6.31. The molecule has 7 heteroatoms. The van der Waals surface area contributed by atoms with Crippen molar-refractivity contribution in [3.63, 3.8) is 0 Å². The molecule has 0 amide bonds. The maximum absolute atomic E-state index is 11.3. The monoisotopic (exact) mass is 258 g/mol. The summed E-state index contributed by atoms with van der Waals surface area (Å²) in [6.45, 7) is 0.256. The van der Waals surface area contributed by atoms with Crippen LogP contribution in [0.5, 0.6) is 0 Å². The third kappa shape index (κ3) is 5.98. The maximum Gasteiger partial charge on any atom is 0.304 e. The number of rotatable bonds is 7. The fraction of sp³-hybridized carbons (Fsp3) is 0.400. The number of aromatic nitrogens is 1. The van der Waals surface area contributed by atoms with Gasteiger partial charge in [0.25, 0.3) is 0 Å². The average molecular weight is 258 g/mol. The van der Waals surface area contributed by atoms with Gasteiger partial charge in [-0.25, -0.2) is 13.1 Å². The van der Waals surface area contributed by atoms with Crippen LogP contribution in [-0.2, 0) is 21.2 Å². The van der Waals surface area contributed by atoms with E-state index < -0.39 is 21.7 Å². The van der Waals surface area contributed by atoms with Crippen LogP contribution in [-0.4, -0.2) is 36.8 Å². The molecule has 17 heavy (non-hydrogen) atoms. The molecule has 0 saturated carbocycles. The number of sulfonamides is 1. The zero-order valence-corrected chi connectivity index (χ0v) is 9.98. The highest BCUT2D eigenvalue weighted by Crippen LogP contribution is 1.97. The van der Waals surface area contributed by atoms with Crippen molar-refractivity contribution in [1.82, 2.24) is 9.71 Å². The zero-order valence-electron chi connectivity index (χ0n) is 9.17. The van der Waals surface area contributed by atoms with Crippen LogP contribution in [0.3, 0.4) is 0 Å². The summed E-state index contributed by atoms with van der Waals surface area (Å²) < 4.78 is 25.0. The predicted octanol–water partition coefficient (Wildman–Crippen LogP) is 0.0182. The quantitative estimate of drug-likeness (QED) is 0.718. The second-order valence-electron chi connectivity index (χ2n) is 3.46. The van der Waals surface area contributed by atoms with E-state index in [0.717, 1.165) is 5.56 Å². The van der Waals surface area contributed by atoms with Crippen LogP contribution in [0.2, 0.25) is 0 Å². The highest BCUT2D eigenvalue weighted by molar-refractivity contribution is 7.89. The van der Waals surface area contributed by atoms with Gasteiger partial charge in [0, 0.05) is 18.9 Å². The van der Waals surface area contributed by atoms with E-state index in [2.05, 4.69) is 9.71 Å². The van der Waals surface area contributed by atoms with Gasteiger partial charge >= 0.3 is 5.97 Å². The van der Waals surface area contributed by atoms with Crippen LogP contribution < -0.4 is 4.72 Å². The van der Waals surface area contributed by atoms with Gasteiger partial charge in [-0.05, 0) is 24.1 Å². The molecule has 2 N–H and O–H groups in total. The summed E-state index contributed by atoms with van der Waals surface area (Å²) in [5.41, 5.74) is 0.973. The molecule has 0 spiro atoms. The summed E-state index contributed by atoms with van der Waals surface area (Å²) >= 11 is 0. The Morgan fingerprint density at radius 3 is 2.59 bits per heavy atom. The van der Waals surface area contributed by atoms with E-state index in [1.165, 1.54) is 0 Å². The molecule has 0 aliphatic carbocycles. The largest absolute Gasteiger partial charge is 0.481 e. The van der Waals surface area contributed by atoms with Crippen LogP contribution in [0.15, 0.2) is 24.5 Å². The van der Waals surface area contributed by atoms with Gasteiger partial charge in [0.15, 0.2) is 0 Å². The number of aliphatic carboxylic acids is 1. The number of nitrogens with one attached hydrogen (secondary N) is 1. The molecule has 0 unspecified atom stereocenters. The van der Waals surface area contributed by atoms with Crippen molar-refractivity contribution in [2.75, 3.05) is 12.3 Å². The molecule has 0 aromatic carbocycles. The van der Waals surface area contributed by atoms with E-state index in [9.17, 15) is 13.2 Å². The minimum absolute atomic E-state index is 0.256. The molecule has 1 rings (SSSR count). The first-order valence-corrected chi connectivity index (χ1v) is 6.73. The average Bonchev–Trinajstić information content (AvgIpc) is 2.28. The Balaban J connectivity index is 2.33. The van der Waals surface area contributed by atoms with Gasteiger partial charge in [-0.2, -0.15) is 0 Å². The summed E-state index contributed by atoms with van der Waals surface area (Å²) in [7, 11) is -3.49. The molecule has 0 bridgehead atoms. The van der Waals surface area contributed by atoms with Crippen molar-refractivity contribution in [1.29, 1.82) is 0 Å². The lowest BCUT2D eigenvalue weighted by molar-refractivity contribution is -0.136. The van der Waals surface area contributed by atoms with Gasteiger partial charge in [-0.15, -0.1) is 0 Å². The van der Waals surface area contributed by atoms with E-state index in [1.54, 1.807) is 24.5 Å². The van der Waals surface area contributed by atoms with Gasteiger partial charge < -0.3 is 5.11 Å². The summed E-state index contributed by atoms with van der Waals surface area (Å²) in [6, 6.07) is 3.59. The minimum atomic E-state index is -3.49. The van der Waals surface area contributed by atoms with E-state index in [-0.39, 0.29) is 13.0 Å². The number of carbonyl (C=O) groups is 1. The molecule has 0 aliphatic rings. The SMILES string of the molecule is O=C(O)CCS(=O)(=O)NCCc1ccncc1. The zero-order chi connectivity index (χ0) is 12.7. The smallest absolute Gasteiger partial charge is 0.304 e. The first kappa shape index (κ1) is 13.6. The Morgan fingerprint density at radius 1 is 1.35 bits per heavy atom. The maximum atomic E-state index is 11.3. The van der Waals surface area contributed by atoms with E-state index in [1.807, 2.05) is 0 Å². The van der Waals surface area contributed by atoms with Gasteiger partial charge in [0.05, 0.1) is 12.2 Å². The molecule has 1 aromatic rings. The fourth-order valence-electron chi connectivity index (χ4n) is 1.19. The topological polar surface area (TPSA) is 96.4 Å². The van der Waals surface area contributed by atoms with Crippen molar-refractivity contribution < 1.29 is 18.3 Å². The van der Waals surface area contributed by atoms with Crippen LogP contribution >= 0.6 is 0 Å². The summed E-state index contributed by atoms with van der Waals surface area (Å²) in [4.78, 5) is 14.1. The predicted molar refractivity (Wildman–Crippen MR) is 62.0 cm³/mol. The third-order valence-electron chi connectivity index (χ3n) is 2.07. The van der Waals surface area contributed by atoms with E-state index >= 15 is 0 Å². The Kier molecular flexibility index (Phi) is 5.05. The summed E-state index contributed by atoms with van der Waals surface area (Å²) in [5, 5.41) is 8.38. The van der Waals surface area contributed by atoms with Crippen LogP contribution in [0.4, 0.5) is 0 Å². The molecule has 0 aliphatic heterocycles. The van der Waals surface area contributed by atoms with Crippen LogP contribution in [0.1, 0.15) is 12.0 Å². The highest BCUT2D eigenvalue weighted by atomic mass is 32.2. The van der Waals surface area contributed by atoms with Gasteiger partial charge in [-0.1, -0.05) is 0 Å². The molecule has 0 saturated heterocycles. The standard InChI is InChI=1S/C10H14N2O4S/c13-10(14)4-8-17(15,16)12-7-3-9-1-5-11-6-2-9/h1-2,5-6,12H,3-4,7-8H2,(H,13,14). The molecular weight excluding hydrogens is 244 g/mol. The normalized spacial score (nSPS) is 11.3. The number of nitrogens with zero attached hydrogens (tertiary/aromatic N) is 1. The van der Waals surface area contributed by atoms with Crippen molar-refractivity contribution in [3.05, 3.63) is 30.1 Å². The van der Waals surface area contributed by atoms with Crippen LogP contribution in [0, 0.1) is 0 Å². The molecular formula is C10H14N2O4S. The van der Waals surface area contributed by atoms with E-state index in [4.69, 9.17) is 5.11 Å². The molecule has 94 valence electrons. The summed E-state index contributed by atoms with van der Waals surface area (Å²) in [5.74, 6) is -1.51. The lowest BCUT2D eigenvalue weighted by Crippen LogP contribution is -2.29. The first-order chi connectivity index (χ1) is 7.99. The van der Waals surface area contributed by atoms with Crippen molar-refractivity contribution in [3.8, 4) is 0 Å². The molecule has 1 heterocycles. The van der Waals surface area contributed by atoms with Crippen molar-refractivity contribution >= 4 is 16.0 Å². The second-order valence-corrected chi connectivity index (χ2v) is 5.39. The lowest BCUT2D eigenvalue weighted by Gasteiger charge is -2.05. The van der Waals surface area contributed by atoms with Crippen LogP contribution in [0.25, 0.3) is 0 Å². The fourth-order valence-corrected chi connectivity index (χ4v) is 2.19. The number of hydrogen-bond donors (Lipinski definition) is 2. The van der Waals surface area contributed by atoms with Crippen molar-refractivity contribution in [2.24, 2.45) is 0 Å². The Bertz CT molecular complexity index is 458. The Morgan fingerprint density at radius 2 is 2.00 bits per heavy atom. The van der Waals surface area contributed by atoms with Gasteiger partial charge in [0.2, 0.25) is 10.0 Å². The molecule has 0 radical (unpaired) electrons. The number of carboxylic acids is 1. The van der Waals surface area contributed by atoms with E-state index in [0.29, 0.717) is 6.42 Å². The van der Waals surface area contributed by atoms with Crippen molar-refractivity contribution in [2.45, 2.75) is 12.8 Å². The third-order valence-corrected chi connectivity index (χ3v) is 3.46. The molecule has 1 aromatic heterocycles. The van der Waals surface area contributed by atoms with Gasteiger partial charge in [0.1, 0.15) is 0 Å². The molecule has 6 nitrogen and oxygen atoms in total. The first-order valence-electron chi connectivity index (χ1n) is 5.07. The highest BCUT2D eigenvalue weighted by Gasteiger charge is 2.11. The number of hydrogen-bond acceptors (Lipinski definition) is 4. The minimum Gasteiger partial charge on any atom is -0.481 e. The lowest BCUT2D eigenvalue weighted by atomic mass is 10.2. The number of pyridine rings is 1.